The summed E-state index contributed by atoms with van der Waals surface area (Å²) < 4.78 is 0. The number of hydrogen-bond donors (Lipinski definition) is 2. The first-order valence-electron chi connectivity index (χ1n) is 9.38. The van der Waals surface area contributed by atoms with Crippen molar-refractivity contribution in [1.82, 2.24) is 20.4 Å². The van der Waals surface area contributed by atoms with E-state index in [2.05, 4.69) is 62.0 Å². The summed E-state index contributed by atoms with van der Waals surface area (Å²) in [6, 6.07) is 3.98. The highest BCUT2D eigenvalue weighted by Gasteiger charge is 2.33. The predicted molar refractivity (Wildman–Crippen MR) is 95.4 cm³/mol. The van der Waals surface area contributed by atoms with Crippen LogP contribution in [0.25, 0.3) is 0 Å². The van der Waals surface area contributed by atoms with Gasteiger partial charge in [-0.3, -0.25) is 9.80 Å². The molecule has 4 nitrogen and oxygen atoms in total. The SMILES string of the molecule is CC(C)N1[C@H](CC[C@H]2CNC[C@H](C)N2C(C)C)CNC[C@H]1C. The highest BCUT2D eigenvalue weighted by molar-refractivity contribution is 4.91. The molecule has 0 aromatic carbocycles. The van der Waals surface area contributed by atoms with E-state index in [1.807, 2.05) is 0 Å². The molecule has 2 aliphatic rings. The van der Waals surface area contributed by atoms with Crippen molar-refractivity contribution < 1.29 is 0 Å². The summed E-state index contributed by atoms with van der Waals surface area (Å²) in [5.74, 6) is 0. The van der Waals surface area contributed by atoms with Crippen LogP contribution in [-0.2, 0) is 0 Å². The summed E-state index contributed by atoms with van der Waals surface area (Å²) in [5, 5.41) is 7.26. The van der Waals surface area contributed by atoms with E-state index < -0.39 is 0 Å². The molecular formula is C18H38N4. The minimum absolute atomic E-state index is 0.645. The van der Waals surface area contributed by atoms with Crippen LogP contribution in [0.3, 0.4) is 0 Å². The molecule has 0 spiro atoms. The van der Waals surface area contributed by atoms with Gasteiger partial charge in [-0.25, -0.2) is 0 Å². The van der Waals surface area contributed by atoms with Crippen molar-refractivity contribution in [3.8, 4) is 0 Å². The molecule has 0 aliphatic carbocycles. The molecular weight excluding hydrogens is 272 g/mol. The third-order valence-corrected chi connectivity index (χ3v) is 5.53. The molecule has 4 atom stereocenters. The van der Waals surface area contributed by atoms with E-state index in [9.17, 15) is 0 Å². The van der Waals surface area contributed by atoms with E-state index in [1.54, 1.807) is 0 Å². The summed E-state index contributed by atoms with van der Waals surface area (Å²) in [7, 11) is 0. The lowest BCUT2D eigenvalue weighted by molar-refractivity contribution is 0.0394. The first kappa shape index (κ1) is 18.2. The normalized spacial score (nSPS) is 35.5. The monoisotopic (exact) mass is 310 g/mol. The Balaban J connectivity index is 1.95. The second kappa shape index (κ2) is 8.09. The fraction of sp³-hybridized carbons (Fsp3) is 1.00. The second-order valence-electron chi connectivity index (χ2n) is 7.98. The molecule has 2 N–H and O–H groups in total. The maximum absolute atomic E-state index is 3.63. The number of piperazine rings is 2. The van der Waals surface area contributed by atoms with Crippen LogP contribution < -0.4 is 10.6 Å². The Morgan fingerprint density at radius 1 is 0.727 bits per heavy atom. The highest BCUT2D eigenvalue weighted by atomic mass is 15.3. The van der Waals surface area contributed by atoms with Crippen LogP contribution in [-0.4, -0.2) is 72.2 Å². The van der Waals surface area contributed by atoms with E-state index >= 15 is 0 Å². The van der Waals surface area contributed by atoms with Gasteiger partial charge in [0.2, 0.25) is 0 Å². The van der Waals surface area contributed by atoms with Gasteiger partial charge in [-0.1, -0.05) is 0 Å². The van der Waals surface area contributed by atoms with Gasteiger partial charge in [0.25, 0.3) is 0 Å². The van der Waals surface area contributed by atoms with Crippen molar-refractivity contribution in [2.24, 2.45) is 0 Å². The van der Waals surface area contributed by atoms with Gasteiger partial charge >= 0.3 is 0 Å². The lowest BCUT2D eigenvalue weighted by atomic mass is 9.96. The van der Waals surface area contributed by atoms with E-state index in [4.69, 9.17) is 0 Å². The van der Waals surface area contributed by atoms with Crippen LogP contribution in [0.2, 0.25) is 0 Å². The van der Waals surface area contributed by atoms with Crippen LogP contribution in [0.4, 0.5) is 0 Å². The van der Waals surface area contributed by atoms with E-state index in [0.29, 0.717) is 36.3 Å². The Kier molecular flexibility index (Phi) is 6.69. The van der Waals surface area contributed by atoms with Gasteiger partial charge in [0, 0.05) is 62.4 Å². The van der Waals surface area contributed by atoms with Crippen molar-refractivity contribution in [2.45, 2.75) is 90.6 Å². The molecule has 130 valence electrons. The fourth-order valence-electron chi connectivity index (χ4n) is 4.81. The predicted octanol–water partition coefficient (Wildman–Crippen LogP) is 1.91. The molecule has 2 aliphatic heterocycles. The molecule has 0 bridgehead atoms. The Labute approximate surface area is 138 Å². The quantitative estimate of drug-likeness (QED) is 0.812. The molecule has 0 amide bonds. The Bertz CT molecular complexity index is 299. The molecule has 2 rings (SSSR count). The lowest BCUT2D eigenvalue weighted by Gasteiger charge is -2.47. The Morgan fingerprint density at radius 3 is 1.41 bits per heavy atom. The second-order valence-corrected chi connectivity index (χ2v) is 7.98. The maximum atomic E-state index is 3.63. The molecule has 2 heterocycles. The number of nitrogens with one attached hydrogen (secondary N) is 2. The molecule has 0 radical (unpaired) electrons. The van der Waals surface area contributed by atoms with Gasteiger partial charge in [-0.05, 0) is 54.4 Å². The van der Waals surface area contributed by atoms with Crippen molar-refractivity contribution in [2.75, 3.05) is 26.2 Å². The van der Waals surface area contributed by atoms with Gasteiger partial charge in [0.1, 0.15) is 0 Å². The first-order valence-corrected chi connectivity index (χ1v) is 9.38. The third kappa shape index (κ3) is 4.22. The number of nitrogens with zero attached hydrogens (tertiary/aromatic N) is 2. The van der Waals surface area contributed by atoms with Crippen LogP contribution in [0.15, 0.2) is 0 Å². The topological polar surface area (TPSA) is 30.5 Å². The lowest BCUT2D eigenvalue weighted by Crippen LogP contribution is -2.60. The van der Waals surface area contributed by atoms with Crippen LogP contribution in [0.5, 0.6) is 0 Å². The molecule has 4 heteroatoms. The molecule has 0 aromatic rings. The fourth-order valence-corrected chi connectivity index (χ4v) is 4.81. The molecule has 0 unspecified atom stereocenters. The van der Waals surface area contributed by atoms with Gasteiger partial charge in [0.15, 0.2) is 0 Å². The smallest absolute Gasteiger partial charge is 0.0227 e. The largest absolute Gasteiger partial charge is 0.314 e. The summed E-state index contributed by atoms with van der Waals surface area (Å²) in [6.07, 6.45) is 2.61. The third-order valence-electron chi connectivity index (χ3n) is 5.53. The van der Waals surface area contributed by atoms with Crippen molar-refractivity contribution in [3.05, 3.63) is 0 Å². The zero-order valence-corrected chi connectivity index (χ0v) is 15.6. The van der Waals surface area contributed by atoms with Crippen molar-refractivity contribution in [1.29, 1.82) is 0 Å². The van der Waals surface area contributed by atoms with E-state index in [1.165, 1.54) is 12.8 Å². The van der Waals surface area contributed by atoms with Crippen LogP contribution in [0, 0.1) is 0 Å². The zero-order chi connectivity index (χ0) is 16.3. The molecule has 2 fully saturated rings. The van der Waals surface area contributed by atoms with Gasteiger partial charge < -0.3 is 10.6 Å². The van der Waals surface area contributed by atoms with Crippen LogP contribution in [0.1, 0.15) is 54.4 Å². The minimum Gasteiger partial charge on any atom is -0.314 e. The van der Waals surface area contributed by atoms with Crippen LogP contribution >= 0.6 is 0 Å². The van der Waals surface area contributed by atoms with Gasteiger partial charge in [-0.15, -0.1) is 0 Å². The first-order chi connectivity index (χ1) is 10.4. The average Bonchev–Trinajstić information content (AvgIpc) is 2.44. The van der Waals surface area contributed by atoms with E-state index in [0.717, 1.165) is 26.2 Å². The summed E-state index contributed by atoms with van der Waals surface area (Å²) >= 11 is 0. The Morgan fingerprint density at radius 2 is 1.09 bits per heavy atom. The van der Waals surface area contributed by atoms with Crippen molar-refractivity contribution in [3.63, 3.8) is 0 Å². The number of hydrogen-bond acceptors (Lipinski definition) is 4. The molecule has 0 saturated carbocycles. The average molecular weight is 311 g/mol. The summed E-state index contributed by atoms with van der Waals surface area (Å²) in [5.41, 5.74) is 0. The Hall–Kier alpha value is -0.160. The minimum atomic E-state index is 0.645. The highest BCUT2D eigenvalue weighted by Crippen LogP contribution is 2.23. The zero-order valence-electron chi connectivity index (χ0n) is 15.6. The van der Waals surface area contributed by atoms with E-state index in [-0.39, 0.29) is 0 Å². The summed E-state index contributed by atoms with van der Waals surface area (Å²) in [6.45, 7) is 18.7. The molecule has 22 heavy (non-hydrogen) atoms. The molecule has 0 aromatic heterocycles. The van der Waals surface area contributed by atoms with Gasteiger partial charge in [-0.2, -0.15) is 0 Å². The molecule has 2 saturated heterocycles. The number of rotatable bonds is 5. The standard InChI is InChI=1S/C18H38N4/c1-13(2)21-15(5)9-19-11-17(21)7-8-18-12-20-10-16(6)22(18)14(3)4/h13-20H,7-12H2,1-6H3/t15-,16+,17-,18+. The summed E-state index contributed by atoms with van der Waals surface area (Å²) in [4.78, 5) is 5.46. The van der Waals surface area contributed by atoms with Crippen molar-refractivity contribution >= 4 is 0 Å². The van der Waals surface area contributed by atoms with Gasteiger partial charge in [0.05, 0.1) is 0 Å². The maximum Gasteiger partial charge on any atom is 0.0227 e.